The van der Waals surface area contributed by atoms with Gasteiger partial charge in [-0.1, -0.05) is 17.7 Å². The van der Waals surface area contributed by atoms with E-state index in [1.165, 1.54) is 12.0 Å². The highest BCUT2D eigenvalue weighted by Gasteiger charge is 2.16. The van der Waals surface area contributed by atoms with Gasteiger partial charge in [0.15, 0.2) is 0 Å². The van der Waals surface area contributed by atoms with Crippen molar-refractivity contribution in [2.45, 2.75) is 18.9 Å². The van der Waals surface area contributed by atoms with E-state index in [0.717, 1.165) is 13.0 Å². The Hall–Kier alpha value is -1.04. The van der Waals surface area contributed by atoms with Gasteiger partial charge < -0.3 is 5.32 Å². The molecular formula is C11H11ClN2. The average molecular weight is 207 g/mol. The summed E-state index contributed by atoms with van der Waals surface area (Å²) in [5, 5.41) is 12.7. The third kappa shape index (κ3) is 1.75. The molecule has 1 heterocycles. The normalized spacial score (nSPS) is 20.7. The highest BCUT2D eigenvalue weighted by molar-refractivity contribution is 6.31. The molecule has 0 radical (unpaired) electrons. The van der Waals surface area contributed by atoms with Crippen LogP contribution in [0.1, 0.15) is 30.0 Å². The molecule has 72 valence electrons. The Morgan fingerprint density at radius 1 is 1.50 bits per heavy atom. The number of rotatable bonds is 1. The zero-order chi connectivity index (χ0) is 9.97. The van der Waals surface area contributed by atoms with Gasteiger partial charge in [-0.3, -0.25) is 0 Å². The van der Waals surface area contributed by atoms with E-state index in [0.29, 0.717) is 16.6 Å². The van der Waals surface area contributed by atoms with E-state index in [4.69, 9.17) is 16.9 Å². The topological polar surface area (TPSA) is 35.8 Å². The molecule has 3 heteroatoms. The third-order valence-electron chi connectivity index (χ3n) is 2.58. The van der Waals surface area contributed by atoms with Crippen molar-refractivity contribution >= 4 is 11.6 Å². The third-order valence-corrected chi connectivity index (χ3v) is 2.89. The molecule has 1 N–H and O–H groups in total. The van der Waals surface area contributed by atoms with Gasteiger partial charge in [-0.15, -0.1) is 0 Å². The summed E-state index contributed by atoms with van der Waals surface area (Å²) < 4.78 is 0. The number of hydrogen-bond acceptors (Lipinski definition) is 2. The molecular weight excluding hydrogens is 196 g/mol. The molecule has 14 heavy (non-hydrogen) atoms. The highest BCUT2D eigenvalue weighted by Crippen LogP contribution is 2.26. The van der Waals surface area contributed by atoms with Crippen LogP contribution < -0.4 is 5.32 Å². The van der Waals surface area contributed by atoms with Gasteiger partial charge in [-0.05, 0) is 37.1 Å². The van der Waals surface area contributed by atoms with Gasteiger partial charge in [0.2, 0.25) is 0 Å². The van der Waals surface area contributed by atoms with Crippen molar-refractivity contribution in [2.75, 3.05) is 6.54 Å². The van der Waals surface area contributed by atoms with Crippen LogP contribution in [0.4, 0.5) is 0 Å². The van der Waals surface area contributed by atoms with E-state index in [9.17, 15) is 0 Å². The van der Waals surface area contributed by atoms with Gasteiger partial charge in [0.05, 0.1) is 10.6 Å². The lowest BCUT2D eigenvalue weighted by molar-refractivity contribution is 0.648. The number of benzene rings is 1. The Morgan fingerprint density at radius 2 is 2.36 bits per heavy atom. The van der Waals surface area contributed by atoms with E-state index in [-0.39, 0.29) is 0 Å². The zero-order valence-corrected chi connectivity index (χ0v) is 8.51. The van der Waals surface area contributed by atoms with Crippen molar-refractivity contribution in [2.24, 2.45) is 0 Å². The SMILES string of the molecule is N#Cc1ccc([C@H]2CCCN2)cc1Cl. The molecule has 1 atom stereocenters. The van der Waals surface area contributed by atoms with Crippen LogP contribution in [0.2, 0.25) is 5.02 Å². The second-order valence-corrected chi connectivity index (χ2v) is 3.91. The predicted octanol–water partition coefficient (Wildman–Crippen LogP) is 2.64. The summed E-state index contributed by atoms with van der Waals surface area (Å²) in [7, 11) is 0. The molecule has 0 aliphatic carbocycles. The average Bonchev–Trinajstić information content (AvgIpc) is 2.70. The van der Waals surface area contributed by atoms with E-state index in [1.807, 2.05) is 12.1 Å². The second kappa shape index (κ2) is 4.00. The number of halogens is 1. The quantitative estimate of drug-likeness (QED) is 0.767. The highest BCUT2D eigenvalue weighted by atomic mass is 35.5. The molecule has 0 bridgehead atoms. The van der Waals surface area contributed by atoms with Crippen LogP contribution in [0.15, 0.2) is 18.2 Å². The first-order valence-electron chi connectivity index (χ1n) is 4.74. The summed E-state index contributed by atoms with van der Waals surface area (Å²) >= 11 is 5.96. The number of nitrogens with zero attached hydrogens (tertiary/aromatic N) is 1. The fourth-order valence-corrected chi connectivity index (χ4v) is 2.04. The molecule has 0 spiro atoms. The van der Waals surface area contributed by atoms with Crippen molar-refractivity contribution in [1.29, 1.82) is 5.26 Å². The lowest BCUT2D eigenvalue weighted by atomic mass is 10.0. The standard InChI is InChI=1S/C11H11ClN2/c12-10-6-8(3-4-9(10)7-13)11-2-1-5-14-11/h3-4,6,11,14H,1-2,5H2/t11-/m1/s1. The van der Waals surface area contributed by atoms with Crippen molar-refractivity contribution < 1.29 is 0 Å². The molecule has 1 aromatic rings. The minimum Gasteiger partial charge on any atom is -0.310 e. The Balaban J connectivity index is 2.28. The number of hydrogen-bond donors (Lipinski definition) is 1. The maximum atomic E-state index is 8.72. The first-order chi connectivity index (χ1) is 6.81. The first kappa shape index (κ1) is 9.51. The smallest absolute Gasteiger partial charge is 0.101 e. The Labute approximate surface area is 88.5 Å². The minimum atomic E-state index is 0.417. The lowest BCUT2D eigenvalue weighted by Gasteiger charge is -2.10. The molecule has 1 aliphatic rings. The van der Waals surface area contributed by atoms with Gasteiger partial charge in [0.25, 0.3) is 0 Å². The summed E-state index contributed by atoms with van der Waals surface area (Å²) in [6.07, 6.45) is 2.37. The van der Waals surface area contributed by atoms with E-state index in [2.05, 4.69) is 11.4 Å². The van der Waals surface area contributed by atoms with E-state index in [1.54, 1.807) is 6.07 Å². The van der Waals surface area contributed by atoms with Gasteiger partial charge in [-0.25, -0.2) is 0 Å². The number of nitrogens with one attached hydrogen (secondary N) is 1. The zero-order valence-electron chi connectivity index (χ0n) is 7.76. The molecule has 0 unspecified atom stereocenters. The van der Waals surface area contributed by atoms with Crippen molar-refractivity contribution in [3.8, 4) is 6.07 Å². The predicted molar refractivity (Wildman–Crippen MR) is 56.1 cm³/mol. The number of nitriles is 1. The minimum absolute atomic E-state index is 0.417. The summed E-state index contributed by atoms with van der Waals surface area (Å²) in [5.74, 6) is 0. The lowest BCUT2D eigenvalue weighted by Crippen LogP contribution is -2.12. The van der Waals surface area contributed by atoms with E-state index < -0.39 is 0 Å². The van der Waals surface area contributed by atoms with Crippen LogP contribution in [0.5, 0.6) is 0 Å². The molecule has 2 nitrogen and oxygen atoms in total. The Bertz CT molecular complexity index is 375. The van der Waals surface area contributed by atoms with Crippen LogP contribution in [-0.2, 0) is 0 Å². The van der Waals surface area contributed by atoms with Crippen LogP contribution in [-0.4, -0.2) is 6.54 Å². The van der Waals surface area contributed by atoms with Gasteiger partial charge in [0.1, 0.15) is 6.07 Å². The molecule has 1 aromatic carbocycles. The molecule has 0 amide bonds. The maximum Gasteiger partial charge on any atom is 0.101 e. The molecule has 0 aromatic heterocycles. The molecule has 2 rings (SSSR count). The van der Waals surface area contributed by atoms with E-state index >= 15 is 0 Å². The largest absolute Gasteiger partial charge is 0.310 e. The monoisotopic (exact) mass is 206 g/mol. The summed E-state index contributed by atoms with van der Waals surface area (Å²) in [6.45, 7) is 1.07. The van der Waals surface area contributed by atoms with Crippen LogP contribution in [0, 0.1) is 11.3 Å². The Kier molecular flexibility index (Phi) is 2.72. The first-order valence-corrected chi connectivity index (χ1v) is 5.12. The van der Waals surface area contributed by atoms with Gasteiger partial charge >= 0.3 is 0 Å². The molecule has 0 saturated carbocycles. The summed E-state index contributed by atoms with van der Waals surface area (Å²) in [4.78, 5) is 0. The van der Waals surface area contributed by atoms with Crippen LogP contribution in [0.3, 0.4) is 0 Å². The van der Waals surface area contributed by atoms with Crippen molar-refractivity contribution in [3.05, 3.63) is 34.3 Å². The molecule has 1 saturated heterocycles. The maximum absolute atomic E-state index is 8.72. The second-order valence-electron chi connectivity index (χ2n) is 3.50. The van der Waals surface area contributed by atoms with Gasteiger partial charge in [0, 0.05) is 6.04 Å². The van der Waals surface area contributed by atoms with Gasteiger partial charge in [-0.2, -0.15) is 5.26 Å². The summed E-state index contributed by atoms with van der Waals surface area (Å²) in [5.41, 5.74) is 1.74. The Morgan fingerprint density at radius 3 is 2.93 bits per heavy atom. The van der Waals surface area contributed by atoms with Crippen LogP contribution in [0.25, 0.3) is 0 Å². The summed E-state index contributed by atoms with van der Waals surface area (Å²) in [6, 6.07) is 8.14. The fraction of sp³-hybridized carbons (Fsp3) is 0.364. The molecule has 1 aliphatic heterocycles. The van der Waals surface area contributed by atoms with Crippen LogP contribution >= 0.6 is 11.6 Å². The fourth-order valence-electron chi connectivity index (χ4n) is 1.81. The molecule has 1 fully saturated rings. The van der Waals surface area contributed by atoms with Crippen molar-refractivity contribution in [1.82, 2.24) is 5.32 Å². The van der Waals surface area contributed by atoms with Crippen molar-refractivity contribution in [3.63, 3.8) is 0 Å².